The minimum atomic E-state index is -0.665. The molecule has 0 aliphatic carbocycles. The van der Waals surface area contributed by atoms with Crippen LogP contribution in [0.25, 0.3) is 0 Å². The van der Waals surface area contributed by atoms with Gasteiger partial charge in [0.2, 0.25) is 0 Å². The number of hydrogen-bond donors (Lipinski definition) is 0. The van der Waals surface area contributed by atoms with E-state index in [0.29, 0.717) is 5.82 Å². The van der Waals surface area contributed by atoms with Gasteiger partial charge in [0, 0.05) is 11.9 Å². The molecule has 0 bridgehead atoms. The lowest BCUT2D eigenvalue weighted by Gasteiger charge is -2.08. The smallest absolute Gasteiger partial charge is 0.183 e. The number of thioether (sulfide) groups is 1. The third-order valence-electron chi connectivity index (χ3n) is 2.41. The van der Waals surface area contributed by atoms with Crippen LogP contribution in [0.4, 0.5) is 0 Å². The average molecular weight is 249 g/mol. The summed E-state index contributed by atoms with van der Waals surface area (Å²) < 4.78 is 1.46. The summed E-state index contributed by atoms with van der Waals surface area (Å²) in [5.41, 5.74) is 0.796. The number of benzene rings is 1. The van der Waals surface area contributed by atoms with Gasteiger partial charge in [0.1, 0.15) is 0 Å². The van der Waals surface area contributed by atoms with Crippen LogP contribution in [0.15, 0.2) is 34.3 Å². The molecule has 0 aliphatic heterocycles. The highest BCUT2D eigenvalue weighted by Crippen LogP contribution is 2.26. The van der Waals surface area contributed by atoms with Gasteiger partial charge in [0.05, 0.1) is 0 Å². The maximum atomic E-state index is 11.0. The number of aromatic nitrogens is 4. The third kappa shape index (κ3) is 2.33. The van der Waals surface area contributed by atoms with Crippen LogP contribution >= 0.6 is 11.8 Å². The molecule has 0 aliphatic rings. The van der Waals surface area contributed by atoms with Crippen molar-refractivity contribution in [2.45, 2.75) is 10.9 Å². The van der Waals surface area contributed by atoms with Crippen LogP contribution in [0, 0.1) is 4.91 Å². The quantitative estimate of drug-likeness (QED) is 0.610. The highest BCUT2D eigenvalue weighted by atomic mass is 32.2. The van der Waals surface area contributed by atoms with E-state index in [2.05, 4.69) is 20.7 Å². The van der Waals surface area contributed by atoms with Gasteiger partial charge in [0.25, 0.3) is 0 Å². The Morgan fingerprint density at radius 3 is 2.88 bits per heavy atom. The molecule has 0 fully saturated rings. The minimum Gasteiger partial charge on any atom is -0.230 e. The Labute approximate surface area is 102 Å². The molecule has 0 amide bonds. The lowest BCUT2D eigenvalue weighted by atomic mass is 10.1. The number of nitrogens with zero attached hydrogens (tertiary/aromatic N) is 5. The maximum absolute atomic E-state index is 11.0. The molecule has 0 saturated carbocycles. The molecule has 1 unspecified atom stereocenters. The Bertz CT molecular complexity index is 527. The monoisotopic (exact) mass is 249 g/mol. The summed E-state index contributed by atoms with van der Waals surface area (Å²) in [4.78, 5) is 12.1. The number of tetrazole rings is 1. The first kappa shape index (κ1) is 11.7. The van der Waals surface area contributed by atoms with Crippen molar-refractivity contribution in [3.05, 3.63) is 40.6 Å². The molecular formula is C10H11N5OS. The fourth-order valence-electron chi connectivity index (χ4n) is 1.54. The molecule has 1 aromatic carbocycles. The van der Waals surface area contributed by atoms with Gasteiger partial charge in [-0.1, -0.05) is 17.3 Å². The van der Waals surface area contributed by atoms with E-state index in [1.807, 2.05) is 30.5 Å². The summed E-state index contributed by atoms with van der Waals surface area (Å²) in [7, 11) is 1.69. The number of nitroso groups, excluding NO2 is 1. The van der Waals surface area contributed by atoms with Crippen molar-refractivity contribution in [1.29, 1.82) is 0 Å². The van der Waals surface area contributed by atoms with E-state index < -0.39 is 6.04 Å². The SMILES string of the molecule is CSc1cccc(C(N=O)c2nnnn2C)c1. The first-order chi connectivity index (χ1) is 8.26. The Hall–Kier alpha value is -1.76. The van der Waals surface area contributed by atoms with E-state index in [-0.39, 0.29) is 0 Å². The van der Waals surface area contributed by atoms with Crippen molar-refractivity contribution in [1.82, 2.24) is 20.2 Å². The summed E-state index contributed by atoms with van der Waals surface area (Å²) in [5.74, 6) is 0.443. The lowest BCUT2D eigenvalue weighted by Crippen LogP contribution is -2.06. The lowest BCUT2D eigenvalue weighted by molar-refractivity contribution is 0.647. The number of aryl methyl sites for hydroxylation is 1. The minimum absolute atomic E-state index is 0.443. The molecule has 17 heavy (non-hydrogen) atoms. The average Bonchev–Trinajstić information content (AvgIpc) is 2.77. The fourth-order valence-corrected chi connectivity index (χ4v) is 2.01. The van der Waals surface area contributed by atoms with Crippen LogP contribution < -0.4 is 0 Å². The van der Waals surface area contributed by atoms with Crippen molar-refractivity contribution < 1.29 is 0 Å². The molecule has 1 atom stereocenters. The molecule has 2 aromatic rings. The van der Waals surface area contributed by atoms with Gasteiger partial charge >= 0.3 is 0 Å². The van der Waals surface area contributed by atoms with Crippen LogP contribution in [0.1, 0.15) is 17.4 Å². The molecule has 7 heteroatoms. The van der Waals surface area contributed by atoms with Gasteiger partial charge in [-0.3, -0.25) is 0 Å². The van der Waals surface area contributed by atoms with E-state index in [1.165, 1.54) is 4.68 Å². The summed E-state index contributed by atoms with van der Waals surface area (Å²) >= 11 is 1.61. The molecule has 88 valence electrons. The molecule has 2 rings (SSSR count). The van der Waals surface area contributed by atoms with E-state index in [0.717, 1.165) is 10.5 Å². The molecule has 6 nitrogen and oxygen atoms in total. The van der Waals surface area contributed by atoms with Crippen LogP contribution in [0.2, 0.25) is 0 Å². The summed E-state index contributed by atoms with van der Waals surface area (Å²) in [6.45, 7) is 0. The van der Waals surface area contributed by atoms with E-state index >= 15 is 0 Å². The second-order valence-corrected chi connectivity index (χ2v) is 4.32. The second kappa shape index (κ2) is 5.05. The van der Waals surface area contributed by atoms with Crippen molar-refractivity contribution >= 4 is 11.8 Å². The van der Waals surface area contributed by atoms with E-state index in [4.69, 9.17) is 0 Å². The standard InChI is InChI=1S/C10H11N5OS/c1-15-10(11-13-14-15)9(12-16)7-4-3-5-8(6-7)17-2/h3-6,9H,1-2H3. The number of rotatable bonds is 4. The first-order valence-corrected chi connectivity index (χ1v) is 6.17. The van der Waals surface area contributed by atoms with Crippen molar-refractivity contribution in [3.63, 3.8) is 0 Å². The van der Waals surface area contributed by atoms with Gasteiger partial charge in [-0.05, 0) is 34.4 Å². The van der Waals surface area contributed by atoms with Crippen LogP contribution in [-0.4, -0.2) is 26.5 Å². The van der Waals surface area contributed by atoms with Crippen LogP contribution in [-0.2, 0) is 7.05 Å². The fraction of sp³-hybridized carbons (Fsp3) is 0.300. The maximum Gasteiger partial charge on any atom is 0.183 e. The summed E-state index contributed by atoms with van der Waals surface area (Å²) in [5, 5.41) is 14.2. The molecule has 0 radical (unpaired) electrons. The van der Waals surface area contributed by atoms with E-state index in [9.17, 15) is 4.91 Å². The highest BCUT2D eigenvalue weighted by Gasteiger charge is 2.20. The normalized spacial score (nSPS) is 12.4. The van der Waals surface area contributed by atoms with Crippen molar-refractivity contribution in [2.24, 2.45) is 12.2 Å². The molecule has 1 aromatic heterocycles. The van der Waals surface area contributed by atoms with Gasteiger partial charge < -0.3 is 0 Å². The Balaban J connectivity index is 2.42. The largest absolute Gasteiger partial charge is 0.230 e. The van der Waals surface area contributed by atoms with Gasteiger partial charge in [-0.2, -0.15) is 0 Å². The Kier molecular flexibility index (Phi) is 3.48. The van der Waals surface area contributed by atoms with Gasteiger partial charge in [-0.15, -0.1) is 21.8 Å². The summed E-state index contributed by atoms with van der Waals surface area (Å²) in [6, 6.07) is 6.97. The molecule has 0 saturated heterocycles. The Morgan fingerprint density at radius 2 is 2.29 bits per heavy atom. The summed E-state index contributed by atoms with van der Waals surface area (Å²) in [6.07, 6.45) is 1.98. The zero-order chi connectivity index (χ0) is 12.3. The molecule has 0 N–H and O–H groups in total. The van der Waals surface area contributed by atoms with Crippen LogP contribution in [0.3, 0.4) is 0 Å². The number of hydrogen-bond acceptors (Lipinski definition) is 6. The first-order valence-electron chi connectivity index (χ1n) is 4.95. The van der Waals surface area contributed by atoms with Crippen molar-refractivity contribution in [3.8, 4) is 0 Å². The topological polar surface area (TPSA) is 73.0 Å². The molecule has 0 spiro atoms. The molecule has 1 heterocycles. The predicted octanol–water partition coefficient (Wildman–Crippen LogP) is 1.79. The van der Waals surface area contributed by atoms with Gasteiger partial charge in [-0.25, -0.2) is 4.68 Å². The zero-order valence-corrected chi connectivity index (χ0v) is 10.3. The van der Waals surface area contributed by atoms with E-state index in [1.54, 1.807) is 18.8 Å². The van der Waals surface area contributed by atoms with Crippen LogP contribution in [0.5, 0.6) is 0 Å². The van der Waals surface area contributed by atoms with Crippen molar-refractivity contribution in [2.75, 3.05) is 6.26 Å². The van der Waals surface area contributed by atoms with Gasteiger partial charge in [0.15, 0.2) is 11.9 Å². The third-order valence-corrected chi connectivity index (χ3v) is 3.14. The Morgan fingerprint density at radius 1 is 1.47 bits per heavy atom. The second-order valence-electron chi connectivity index (χ2n) is 3.45. The highest BCUT2D eigenvalue weighted by molar-refractivity contribution is 7.98. The zero-order valence-electron chi connectivity index (χ0n) is 9.44. The predicted molar refractivity (Wildman–Crippen MR) is 64.7 cm³/mol. The molecular weight excluding hydrogens is 238 g/mol.